The van der Waals surface area contributed by atoms with Gasteiger partial charge in [-0.1, -0.05) is 29.8 Å². The predicted octanol–water partition coefficient (Wildman–Crippen LogP) is 4.76. The van der Waals surface area contributed by atoms with Crippen molar-refractivity contribution in [1.82, 2.24) is 14.9 Å². The number of anilines is 1. The molecule has 0 radical (unpaired) electrons. The summed E-state index contributed by atoms with van der Waals surface area (Å²) in [5.74, 6) is 1.60. The smallest absolute Gasteiger partial charge is 0.154 e. The van der Waals surface area contributed by atoms with Crippen molar-refractivity contribution in [3.8, 4) is 0 Å². The average molecular weight is 379 g/mol. The molecule has 0 spiro atoms. The minimum absolute atomic E-state index is 0.705. The summed E-state index contributed by atoms with van der Waals surface area (Å²) in [6, 6.07) is 14.3. The third kappa shape index (κ3) is 5.55. The van der Waals surface area contributed by atoms with Crippen LogP contribution in [0, 0.1) is 6.92 Å². The Bertz CT molecular complexity index is 933. The first-order chi connectivity index (χ1) is 13.0. The quantitative estimate of drug-likeness (QED) is 0.459. The summed E-state index contributed by atoms with van der Waals surface area (Å²) in [7, 11) is 4.18. The minimum atomic E-state index is 0.705. The summed E-state index contributed by atoms with van der Waals surface area (Å²) >= 11 is 4.32. The van der Waals surface area contributed by atoms with Crippen molar-refractivity contribution >= 4 is 41.5 Å². The molecular formula is C22H26N4S. The standard InChI is InChI=1S/C22H26N4S/c1-16-5-11-20-19(15-16)22(23-13-4-14-26(2)3)25-21(24-20)12-8-17-6-9-18(27)10-7-17/h5-12,15,27H,4,13-14H2,1-3H3,(H,23,24,25)/b12-8+. The van der Waals surface area contributed by atoms with Crippen molar-refractivity contribution in [2.75, 3.05) is 32.5 Å². The molecule has 0 aliphatic heterocycles. The highest BCUT2D eigenvalue weighted by Crippen LogP contribution is 2.22. The van der Waals surface area contributed by atoms with E-state index in [0.717, 1.165) is 46.7 Å². The van der Waals surface area contributed by atoms with Gasteiger partial charge in [0, 0.05) is 16.8 Å². The van der Waals surface area contributed by atoms with Gasteiger partial charge in [0.1, 0.15) is 5.82 Å². The maximum atomic E-state index is 4.75. The number of hydrogen-bond donors (Lipinski definition) is 2. The first-order valence-electron chi connectivity index (χ1n) is 9.15. The molecule has 0 unspecified atom stereocenters. The molecule has 0 bridgehead atoms. The molecule has 1 aromatic heterocycles. The summed E-state index contributed by atoms with van der Waals surface area (Å²) in [5.41, 5.74) is 3.26. The van der Waals surface area contributed by atoms with Crippen molar-refractivity contribution < 1.29 is 0 Å². The van der Waals surface area contributed by atoms with E-state index in [-0.39, 0.29) is 0 Å². The second kappa shape index (κ2) is 9.02. The van der Waals surface area contributed by atoms with E-state index in [0.29, 0.717) is 5.82 Å². The molecular weight excluding hydrogens is 352 g/mol. The van der Waals surface area contributed by atoms with Crippen LogP contribution in [0.4, 0.5) is 5.82 Å². The van der Waals surface area contributed by atoms with E-state index in [9.17, 15) is 0 Å². The lowest BCUT2D eigenvalue weighted by molar-refractivity contribution is 0.405. The minimum Gasteiger partial charge on any atom is -0.369 e. The molecule has 0 saturated carbocycles. The molecule has 0 amide bonds. The number of nitrogens with zero attached hydrogens (tertiary/aromatic N) is 3. The van der Waals surface area contributed by atoms with Crippen LogP contribution in [0.25, 0.3) is 23.1 Å². The maximum absolute atomic E-state index is 4.75. The van der Waals surface area contributed by atoms with Crippen LogP contribution in [0.3, 0.4) is 0 Å². The van der Waals surface area contributed by atoms with Gasteiger partial charge in [-0.05, 0) is 69.9 Å². The van der Waals surface area contributed by atoms with Gasteiger partial charge in [0.05, 0.1) is 5.52 Å². The fourth-order valence-corrected chi connectivity index (χ4v) is 2.98. The van der Waals surface area contributed by atoms with Gasteiger partial charge in [-0.15, -0.1) is 12.6 Å². The number of nitrogens with one attached hydrogen (secondary N) is 1. The topological polar surface area (TPSA) is 41.1 Å². The first kappa shape index (κ1) is 19.4. The van der Waals surface area contributed by atoms with Crippen molar-refractivity contribution in [1.29, 1.82) is 0 Å². The Balaban J connectivity index is 1.86. The summed E-state index contributed by atoms with van der Waals surface area (Å²) in [6.07, 6.45) is 5.04. The van der Waals surface area contributed by atoms with Gasteiger partial charge >= 0.3 is 0 Å². The van der Waals surface area contributed by atoms with E-state index in [1.807, 2.05) is 36.4 Å². The van der Waals surface area contributed by atoms with Crippen LogP contribution in [0.1, 0.15) is 23.4 Å². The summed E-state index contributed by atoms with van der Waals surface area (Å²) < 4.78 is 0. The van der Waals surface area contributed by atoms with Crippen molar-refractivity contribution in [2.24, 2.45) is 0 Å². The van der Waals surface area contributed by atoms with Crippen LogP contribution >= 0.6 is 12.6 Å². The number of benzene rings is 2. The highest BCUT2D eigenvalue weighted by molar-refractivity contribution is 7.80. The summed E-state index contributed by atoms with van der Waals surface area (Å²) in [4.78, 5) is 12.6. The van der Waals surface area contributed by atoms with Crippen molar-refractivity contribution in [2.45, 2.75) is 18.2 Å². The molecule has 0 saturated heterocycles. The van der Waals surface area contributed by atoms with Gasteiger partial charge < -0.3 is 10.2 Å². The molecule has 3 aromatic rings. The molecule has 5 heteroatoms. The Labute approximate surface area is 166 Å². The molecule has 140 valence electrons. The first-order valence-corrected chi connectivity index (χ1v) is 9.60. The molecule has 0 aliphatic carbocycles. The average Bonchev–Trinajstić information content (AvgIpc) is 2.65. The zero-order chi connectivity index (χ0) is 19.2. The van der Waals surface area contributed by atoms with Crippen LogP contribution in [-0.2, 0) is 0 Å². The molecule has 0 aliphatic rings. The highest BCUT2D eigenvalue weighted by atomic mass is 32.1. The lowest BCUT2D eigenvalue weighted by Crippen LogP contribution is -2.17. The van der Waals surface area contributed by atoms with Crippen LogP contribution in [-0.4, -0.2) is 42.1 Å². The Kier molecular flexibility index (Phi) is 6.48. The largest absolute Gasteiger partial charge is 0.369 e. The zero-order valence-corrected chi connectivity index (χ0v) is 17.0. The van der Waals surface area contributed by atoms with E-state index >= 15 is 0 Å². The molecule has 4 nitrogen and oxygen atoms in total. The normalized spacial score (nSPS) is 11.6. The van der Waals surface area contributed by atoms with Crippen molar-refractivity contribution in [3.63, 3.8) is 0 Å². The molecule has 3 rings (SSSR count). The summed E-state index contributed by atoms with van der Waals surface area (Å²) in [5, 5.41) is 4.56. The second-order valence-electron chi connectivity index (χ2n) is 6.96. The van der Waals surface area contributed by atoms with Gasteiger partial charge in [0.15, 0.2) is 5.82 Å². The van der Waals surface area contributed by atoms with E-state index < -0.39 is 0 Å². The van der Waals surface area contributed by atoms with Crippen LogP contribution in [0.5, 0.6) is 0 Å². The summed E-state index contributed by atoms with van der Waals surface area (Å²) in [6.45, 7) is 4.02. The number of rotatable bonds is 7. The van der Waals surface area contributed by atoms with Crippen LogP contribution in [0.15, 0.2) is 47.4 Å². The second-order valence-corrected chi connectivity index (χ2v) is 7.48. The highest BCUT2D eigenvalue weighted by Gasteiger charge is 2.07. The third-order valence-electron chi connectivity index (χ3n) is 4.26. The Morgan fingerprint density at radius 3 is 2.56 bits per heavy atom. The van der Waals surface area contributed by atoms with E-state index in [1.165, 1.54) is 5.56 Å². The zero-order valence-electron chi connectivity index (χ0n) is 16.1. The molecule has 2 aromatic carbocycles. The molecule has 27 heavy (non-hydrogen) atoms. The number of fused-ring (bicyclic) bond motifs is 1. The Hall–Kier alpha value is -2.37. The van der Waals surface area contributed by atoms with Gasteiger partial charge in [0.25, 0.3) is 0 Å². The number of aromatic nitrogens is 2. The molecule has 0 atom stereocenters. The van der Waals surface area contributed by atoms with E-state index in [4.69, 9.17) is 9.97 Å². The fraction of sp³-hybridized carbons (Fsp3) is 0.273. The number of aryl methyl sites for hydroxylation is 1. The van der Waals surface area contributed by atoms with E-state index in [2.05, 4.69) is 62.1 Å². The monoisotopic (exact) mass is 378 g/mol. The lowest BCUT2D eigenvalue weighted by atomic mass is 10.1. The van der Waals surface area contributed by atoms with Gasteiger partial charge in [-0.25, -0.2) is 9.97 Å². The number of thiol groups is 1. The molecule has 1 heterocycles. The third-order valence-corrected chi connectivity index (χ3v) is 4.56. The van der Waals surface area contributed by atoms with Crippen molar-refractivity contribution in [3.05, 3.63) is 59.4 Å². The van der Waals surface area contributed by atoms with Gasteiger partial charge in [-0.3, -0.25) is 0 Å². The molecule has 0 fully saturated rings. The molecule has 1 N–H and O–H groups in total. The van der Waals surface area contributed by atoms with Gasteiger partial charge in [0.2, 0.25) is 0 Å². The fourth-order valence-electron chi connectivity index (χ4n) is 2.83. The van der Waals surface area contributed by atoms with E-state index in [1.54, 1.807) is 0 Å². The number of hydrogen-bond acceptors (Lipinski definition) is 5. The predicted molar refractivity (Wildman–Crippen MR) is 119 cm³/mol. The lowest BCUT2D eigenvalue weighted by Gasteiger charge is -2.12. The van der Waals surface area contributed by atoms with Crippen LogP contribution in [0.2, 0.25) is 0 Å². The Morgan fingerprint density at radius 1 is 1.04 bits per heavy atom. The SMILES string of the molecule is Cc1ccc2nc(/C=C/c3ccc(S)cc3)nc(NCCCN(C)C)c2c1. The van der Waals surface area contributed by atoms with Gasteiger partial charge in [-0.2, -0.15) is 0 Å². The Morgan fingerprint density at radius 2 is 1.81 bits per heavy atom. The van der Waals surface area contributed by atoms with Crippen LogP contribution < -0.4 is 5.32 Å². The maximum Gasteiger partial charge on any atom is 0.154 e.